The van der Waals surface area contributed by atoms with E-state index in [1.54, 1.807) is 4.90 Å². The molecule has 1 aliphatic heterocycles. The molecule has 7 heteroatoms. The highest BCUT2D eigenvalue weighted by atomic mass is 16.4. The third kappa shape index (κ3) is 6.01. The smallest absolute Gasteiger partial charge is 0.326 e. The zero-order valence-corrected chi connectivity index (χ0v) is 12.4. The number of rotatable bonds is 7. The summed E-state index contributed by atoms with van der Waals surface area (Å²) < 4.78 is 0. The molecule has 0 aliphatic carbocycles. The lowest BCUT2D eigenvalue weighted by atomic mass is 9.95. The number of carbonyl (C=O) groups is 3. The van der Waals surface area contributed by atoms with E-state index in [4.69, 9.17) is 10.2 Å². The van der Waals surface area contributed by atoms with Gasteiger partial charge in [0.25, 0.3) is 0 Å². The van der Waals surface area contributed by atoms with Crippen molar-refractivity contribution in [1.29, 1.82) is 0 Å². The van der Waals surface area contributed by atoms with Crippen LogP contribution in [0.1, 0.15) is 45.4 Å². The minimum Gasteiger partial charge on any atom is -0.481 e. The molecule has 0 bridgehead atoms. The average Bonchev–Trinajstić information content (AvgIpc) is 2.45. The Bertz CT molecular complexity index is 378. The molecule has 0 spiro atoms. The minimum absolute atomic E-state index is 0.0957. The van der Waals surface area contributed by atoms with Crippen molar-refractivity contribution < 1.29 is 24.6 Å². The van der Waals surface area contributed by atoms with Crippen LogP contribution in [0.15, 0.2) is 0 Å². The zero-order chi connectivity index (χ0) is 15.8. The van der Waals surface area contributed by atoms with Gasteiger partial charge in [-0.1, -0.05) is 13.3 Å². The lowest BCUT2D eigenvalue weighted by molar-refractivity contribution is -0.140. The molecule has 1 heterocycles. The van der Waals surface area contributed by atoms with Crippen molar-refractivity contribution >= 4 is 18.0 Å². The highest BCUT2D eigenvalue weighted by Crippen LogP contribution is 2.19. The molecule has 2 amide bonds. The number of nitrogens with one attached hydrogen (secondary N) is 1. The summed E-state index contributed by atoms with van der Waals surface area (Å²) in [5, 5.41) is 20.1. The van der Waals surface area contributed by atoms with Crippen LogP contribution in [0, 0.1) is 5.92 Å². The number of hydrogen-bond donors (Lipinski definition) is 3. The number of carboxylic acid groups (broad SMARTS) is 2. The molecular formula is C14H24N2O5. The number of amides is 2. The average molecular weight is 300 g/mol. The van der Waals surface area contributed by atoms with Gasteiger partial charge in [0.05, 0.1) is 0 Å². The van der Waals surface area contributed by atoms with Crippen molar-refractivity contribution in [2.75, 3.05) is 13.1 Å². The molecule has 0 aromatic rings. The number of nitrogens with zero attached hydrogens (tertiary/aromatic N) is 1. The predicted octanol–water partition coefficient (Wildman–Crippen LogP) is 1.53. The largest absolute Gasteiger partial charge is 0.481 e. The fraction of sp³-hybridized carbons (Fsp3) is 0.786. The van der Waals surface area contributed by atoms with Crippen LogP contribution in [0.25, 0.3) is 0 Å². The van der Waals surface area contributed by atoms with E-state index in [1.807, 2.05) is 0 Å². The molecule has 21 heavy (non-hydrogen) atoms. The van der Waals surface area contributed by atoms with Crippen LogP contribution in [0.5, 0.6) is 0 Å². The molecule has 7 nitrogen and oxygen atoms in total. The standard InChI is InChI=1S/C14H24N2O5/c1-2-10-6-8-16(9-7-10)14(21)15-11(13(19)20)4-3-5-12(17)18/h10-11H,2-9H2,1H3,(H,15,21)(H,17,18)(H,19,20)/t11-/m1/s1. The van der Waals surface area contributed by atoms with Gasteiger partial charge in [-0.05, 0) is 31.6 Å². The lowest BCUT2D eigenvalue weighted by Crippen LogP contribution is -2.50. The van der Waals surface area contributed by atoms with E-state index in [0.29, 0.717) is 19.0 Å². The Morgan fingerprint density at radius 1 is 1.24 bits per heavy atom. The van der Waals surface area contributed by atoms with Crippen molar-refractivity contribution in [2.45, 2.75) is 51.5 Å². The molecular weight excluding hydrogens is 276 g/mol. The fourth-order valence-electron chi connectivity index (χ4n) is 2.50. The molecule has 0 radical (unpaired) electrons. The molecule has 1 saturated heterocycles. The summed E-state index contributed by atoms with van der Waals surface area (Å²) in [5.74, 6) is -1.45. The van der Waals surface area contributed by atoms with E-state index in [2.05, 4.69) is 12.2 Å². The Hall–Kier alpha value is -1.79. The fourth-order valence-corrected chi connectivity index (χ4v) is 2.50. The second-order valence-electron chi connectivity index (χ2n) is 5.46. The highest BCUT2D eigenvalue weighted by molar-refractivity contribution is 5.82. The normalized spacial score (nSPS) is 17.3. The number of carbonyl (C=O) groups excluding carboxylic acids is 1. The van der Waals surface area contributed by atoms with E-state index < -0.39 is 18.0 Å². The molecule has 1 fully saturated rings. The van der Waals surface area contributed by atoms with Gasteiger partial charge in [0.2, 0.25) is 0 Å². The van der Waals surface area contributed by atoms with Gasteiger partial charge in [0.1, 0.15) is 6.04 Å². The van der Waals surface area contributed by atoms with E-state index in [9.17, 15) is 14.4 Å². The van der Waals surface area contributed by atoms with E-state index in [-0.39, 0.29) is 25.3 Å². The molecule has 3 N–H and O–H groups in total. The number of likely N-dealkylation sites (tertiary alicyclic amines) is 1. The van der Waals surface area contributed by atoms with Crippen LogP contribution in [-0.2, 0) is 9.59 Å². The van der Waals surface area contributed by atoms with Gasteiger partial charge in [-0.2, -0.15) is 0 Å². The summed E-state index contributed by atoms with van der Waals surface area (Å²) in [4.78, 5) is 35.2. The van der Waals surface area contributed by atoms with Crippen molar-refractivity contribution in [3.8, 4) is 0 Å². The van der Waals surface area contributed by atoms with Crippen molar-refractivity contribution in [3.63, 3.8) is 0 Å². The van der Waals surface area contributed by atoms with Crippen LogP contribution >= 0.6 is 0 Å². The summed E-state index contributed by atoms with van der Waals surface area (Å²) in [5.41, 5.74) is 0. The van der Waals surface area contributed by atoms with Crippen molar-refractivity contribution in [3.05, 3.63) is 0 Å². The van der Waals surface area contributed by atoms with E-state index >= 15 is 0 Å². The Labute approximate surface area is 124 Å². The Balaban J connectivity index is 2.41. The molecule has 0 aromatic heterocycles. The molecule has 1 rings (SSSR count). The quantitative estimate of drug-likeness (QED) is 0.661. The van der Waals surface area contributed by atoms with Crippen molar-refractivity contribution in [1.82, 2.24) is 10.2 Å². The van der Waals surface area contributed by atoms with Gasteiger partial charge in [-0.15, -0.1) is 0 Å². The maximum Gasteiger partial charge on any atom is 0.326 e. The van der Waals surface area contributed by atoms with Crippen LogP contribution in [0.3, 0.4) is 0 Å². The van der Waals surface area contributed by atoms with Crippen LogP contribution in [0.4, 0.5) is 4.79 Å². The SMILES string of the molecule is CCC1CCN(C(=O)N[C@H](CCCC(=O)O)C(=O)O)CC1. The topological polar surface area (TPSA) is 107 Å². The molecule has 120 valence electrons. The second-order valence-corrected chi connectivity index (χ2v) is 5.46. The predicted molar refractivity (Wildman–Crippen MR) is 76.0 cm³/mol. The highest BCUT2D eigenvalue weighted by Gasteiger charge is 2.26. The van der Waals surface area contributed by atoms with Crippen LogP contribution in [0.2, 0.25) is 0 Å². The van der Waals surface area contributed by atoms with Gasteiger partial charge >= 0.3 is 18.0 Å². The minimum atomic E-state index is -1.13. The Morgan fingerprint density at radius 3 is 2.33 bits per heavy atom. The van der Waals surface area contributed by atoms with Crippen LogP contribution < -0.4 is 5.32 Å². The maximum absolute atomic E-state index is 12.0. The number of urea groups is 1. The first-order valence-electron chi connectivity index (χ1n) is 7.44. The summed E-state index contributed by atoms with van der Waals surface area (Å²) in [6.45, 7) is 3.42. The van der Waals surface area contributed by atoms with E-state index in [1.165, 1.54) is 0 Å². The summed E-state index contributed by atoms with van der Waals surface area (Å²) >= 11 is 0. The molecule has 0 saturated carbocycles. The molecule has 1 atom stereocenters. The number of hydrogen-bond acceptors (Lipinski definition) is 3. The molecule has 1 aliphatic rings. The number of carboxylic acids is 2. The molecule has 0 aromatic carbocycles. The molecule has 0 unspecified atom stereocenters. The Morgan fingerprint density at radius 2 is 1.86 bits per heavy atom. The van der Waals surface area contributed by atoms with Gasteiger partial charge in [0, 0.05) is 19.5 Å². The second kappa shape index (κ2) is 8.49. The third-order valence-electron chi connectivity index (χ3n) is 3.96. The third-order valence-corrected chi connectivity index (χ3v) is 3.96. The van der Waals surface area contributed by atoms with Crippen LogP contribution in [-0.4, -0.2) is 52.2 Å². The van der Waals surface area contributed by atoms with Gasteiger partial charge in [0.15, 0.2) is 0 Å². The summed E-state index contributed by atoms with van der Waals surface area (Å²) in [6, 6.07) is -1.40. The first-order valence-corrected chi connectivity index (χ1v) is 7.44. The Kier molecular flexibility index (Phi) is 6.98. The maximum atomic E-state index is 12.0. The summed E-state index contributed by atoms with van der Waals surface area (Å²) in [6.07, 6.45) is 3.24. The number of aliphatic carboxylic acids is 2. The van der Waals surface area contributed by atoms with Gasteiger partial charge in [-0.3, -0.25) is 4.79 Å². The first kappa shape index (κ1) is 17.3. The van der Waals surface area contributed by atoms with Gasteiger partial charge in [-0.25, -0.2) is 9.59 Å². The summed E-state index contributed by atoms with van der Waals surface area (Å²) in [7, 11) is 0. The van der Waals surface area contributed by atoms with Crippen molar-refractivity contribution in [2.24, 2.45) is 5.92 Å². The van der Waals surface area contributed by atoms with E-state index in [0.717, 1.165) is 19.3 Å². The number of piperidine rings is 1. The zero-order valence-electron chi connectivity index (χ0n) is 12.4. The van der Waals surface area contributed by atoms with Gasteiger partial charge < -0.3 is 20.4 Å². The first-order chi connectivity index (χ1) is 9.93. The lowest BCUT2D eigenvalue weighted by Gasteiger charge is -2.32. The monoisotopic (exact) mass is 300 g/mol.